The van der Waals surface area contributed by atoms with E-state index < -0.39 is 0 Å². The number of methoxy groups -OCH3 is 2. The molecular weight excluding hydrogens is 336 g/mol. The third-order valence-corrected chi connectivity index (χ3v) is 3.72. The number of aldehydes is 1. The number of hydrogen-bond acceptors (Lipinski definition) is 4. The van der Waals surface area contributed by atoms with Crippen molar-refractivity contribution in [1.82, 2.24) is 0 Å². The first kappa shape index (κ1) is 15.4. The fraction of sp³-hybridized carbons (Fsp3) is 0.188. The highest BCUT2D eigenvalue weighted by molar-refractivity contribution is 9.10. The van der Waals surface area contributed by atoms with Crippen LogP contribution in [-0.2, 0) is 6.61 Å². The van der Waals surface area contributed by atoms with E-state index >= 15 is 0 Å². The Morgan fingerprint density at radius 3 is 2.38 bits per heavy atom. The van der Waals surface area contributed by atoms with Crippen molar-refractivity contribution in [3.8, 4) is 17.2 Å². The number of carbonyl (C=O) groups excluding carboxylic acids is 1. The molecule has 0 atom stereocenters. The largest absolute Gasteiger partial charge is 0.493 e. The normalized spacial score (nSPS) is 10.0. The van der Waals surface area contributed by atoms with Crippen molar-refractivity contribution >= 4 is 22.2 Å². The van der Waals surface area contributed by atoms with E-state index in [9.17, 15) is 4.79 Å². The lowest BCUT2D eigenvalue weighted by atomic mass is 10.2. The Labute approximate surface area is 131 Å². The number of hydrogen-bond donors (Lipinski definition) is 0. The van der Waals surface area contributed by atoms with Gasteiger partial charge in [-0.3, -0.25) is 4.79 Å². The highest BCUT2D eigenvalue weighted by atomic mass is 79.9. The van der Waals surface area contributed by atoms with Crippen LogP contribution in [0.2, 0.25) is 0 Å². The van der Waals surface area contributed by atoms with E-state index in [0.29, 0.717) is 29.4 Å². The zero-order valence-electron chi connectivity index (χ0n) is 11.8. The third-order valence-electron chi connectivity index (χ3n) is 2.98. The zero-order chi connectivity index (χ0) is 15.2. The van der Waals surface area contributed by atoms with Gasteiger partial charge in [0.25, 0.3) is 0 Å². The summed E-state index contributed by atoms with van der Waals surface area (Å²) in [6, 6.07) is 10.8. The van der Waals surface area contributed by atoms with Gasteiger partial charge in [0, 0.05) is 10.0 Å². The van der Waals surface area contributed by atoms with Gasteiger partial charge < -0.3 is 14.2 Å². The molecule has 5 heteroatoms. The van der Waals surface area contributed by atoms with Crippen LogP contribution >= 0.6 is 15.9 Å². The van der Waals surface area contributed by atoms with Gasteiger partial charge in [-0.2, -0.15) is 0 Å². The number of benzene rings is 2. The summed E-state index contributed by atoms with van der Waals surface area (Å²) >= 11 is 3.48. The number of rotatable bonds is 6. The monoisotopic (exact) mass is 350 g/mol. The molecule has 0 aromatic heterocycles. The van der Waals surface area contributed by atoms with Crippen molar-refractivity contribution in [2.24, 2.45) is 0 Å². The molecule has 2 aromatic rings. The summed E-state index contributed by atoms with van der Waals surface area (Å²) in [5, 5.41) is 0. The first-order valence-electron chi connectivity index (χ1n) is 6.27. The predicted octanol–water partition coefficient (Wildman–Crippen LogP) is 3.86. The van der Waals surface area contributed by atoms with E-state index in [-0.39, 0.29) is 0 Å². The lowest BCUT2D eigenvalue weighted by Gasteiger charge is -2.13. The number of carbonyl (C=O) groups is 1. The molecule has 0 aliphatic rings. The van der Waals surface area contributed by atoms with E-state index in [2.05, 4.69) is 15.9 Å². The average molecular weight is 351 g/mol. The van der Waals surface area contributed by atoms with Crippen LogP contribution in [0.25, 0.3) is 0 Å². The van der Waals surface area contributed by atoms with Crippen molar-refractivity contribution in [3.05, 3.63) is 52.0 Å². The van der Waals surface area contributed by atoms with Crippen LogP contribution in [0.1, 0.15) is 15.9 Å². The molecule has 0 unspecified atom stereocenters. The smallest absolute Gasteiger partial charge is 0.161 e. The fourth-order valence-electron chi connectivity index (χ4n) is 1.87. The first-order chi connectivity index (χ1) is 10.2. The molecule has 0 aliphatic carbocycles. The molecule has 0 spiro atoms. The molecule has 0 amide bonds. The Kier molecular flexibility index (Phi) is 5.22. The Morgan fingerprint density at radius 2 is 1.71 bits per heavy atom. The minimum absolute atomic E-state index is 0.311. The van der Waals surface area contributed by atoms with Gasteiger partial charge in [0.1, 0.15) is 12.4 Å². The molecule has 0 fully saturated rings. The summed E-state index contributed by atoms with van der Waals surface area (Å²) in [4.78, 5) is 11.0. The van der Waals surface area contributed by atoms with Gasteiger partial charge in [-0.15, -0.1) is 0 Å². The standard InChI is InChI=1S/C16H15BrO4/c1-19-15-7-12(13(17)8-16(15)20-2)10-21-14-6-4-3-5-11(14)9-18/h3-9H,10H2,1-2H3. The average Bonchev–Trinajstić information content (AvgIpc) is 2.53. The summed E-state index contributed by atoms with van der Waals surface area (Å²) in [5.41, 5.74) is 1.42. The topological polar surface area (TPSA) is 44.8 Å². The van der Waals surface area contributed by atoms with Crippen LogP contribution in [-0.4, -0.2) is 20.5 Å². The molecule has 21 heavy (non-hydrogen) atoms. The van der Waals surface area contributed by atoms with Gasteiger partial charge in [0.15, 0.2) is 17.8 Å². The van der Waals surface area contributed by atoms with E-state index in [1.165, 1.54) is 0 Å². The molecule has 0 saturated carbocycles. The quantitative estimate of drug-likeness (QED) is 0.742. The molecular formula is C16H15BrO4. The van der Waals surface area contributed by atoms with E-state index in [0.717, 1.165) is 16.3 Å². The maximum absolute atomic E-state index is 11.0. The van der Waals surface area contributed by atoms with Gasteiger partial charge in [0.2, 0.25) is 0 Å². The van der Waals surface area contributed by atoms with E-state index in [4.69, 9.17) is 14.2 Å². The fourth-order valence-corrected chi connectivity index (χ4v) is 2.31. The SMILES string of the molecule is COc1cc(Br)c(COc2ccccc2C=O)cc1OC. The van der Waals surface area contributed by atoms with Crippen molar-refractivity contribution in [2.45, 2.75) is 6.61 Å². The van der Waals surface area contributed by atoms with Gasteiger partial charge in [0.05, 0.1) is 19.8 Å². The molecule has 0 aliphatic heterocycles. The lowest BCUT2D eigenvalue weighted by Crippen LogP contribution is -2.00. The molecule has 2 aromatic carbocycles. The van der Waals surface area contributed by atoms with Gasteiger partial charge in [-0.1, -0.05) is 28.1 Å². The van der Waals surface area contributed by atoms with Crippen LogP contribution < -0.4 is 14.2 Å². The number of ether oxygens (including phenoxy) is 3. The molecule has 110 valence electrons. The minimum atomic E-state index is 0.311. The maximum atomic E-state index is 11.0. The Hall–Kier alpha value is -2.01. The van der Waals surface area contributed by atoms with Gasteiger partial charge in [-0.05, 0) is 24.3 Å². The molecule has 0 radical (unpaired) electrons. The summed E-state index contributed by atoms with van der Waals surface area (Å²) in [7, 11) is 3.17. The summed E-state index contributed by atoms with van der Waals surface area (Å²) in [6.45, 7) is 0.311. The van der Waals surface area contributed by atoms with Crippen molar-refractivity contribution in [3.63, 3.8) is 0 Å². The Balaban J connectivity index is 2.22. The summed E-state index contributed by atoms with van der Waals surface area (Å²) < 4.78 is 17.1. The van der Waals surface area contributed by atoms with Gasteiger partial charge >= 0.3 is 0 Å². The second-order valence-electron chi connectivity index (χ2n) is 4.24. The highest BCUT2D eigenvalue weighted by Crippen LogP contribution is 2.33. The Morgan fingerprint density at radius 1 is 1.05 bits per heavy atom. The number of para-hydroxylation sites is 1. The van der Waals surface area contributed by atoms with E-state index in [1.807, 2.05) is 18.2 Å². The zero-order valence-corrected chi connectivity index (χ0v) is 13.3. The molecule has 0 N–H and O–H groups in total. The van der Waals surface area contributed by atoms with Crippen molar-refractivity contribution in [1.29, 1.82) is 0 Å². The van der Waals surface area contributed by atoms with Crippen molar-refractivity contribution in [2.75, 3.05) is 14.2 Å². The Bertz CT molecular complexity index is 640. The van der Waals surface area contributed by atoms with Gasteiger partial charge in [-0.25, -0.2) is 0 Å². The number of halogens is 1. The lowest BCUT2D eigenvalue weighted by molar-refractivity contribution is 0.111. The first-order valence-corrected chi connectivity index (χ1v) is 7.06. The van der Waals surface area contributed by atoms with Crippen LogP contribution in [0.4, 0.5) is 0 Å². The van der Waals surface area contributed by atoms with Crippen LogP contribution in [0, 0.1) is 0 Å². The van der Waals surface area contributed by atoms with Crippen molar-refractivity contribution < 1.29 is 19.0 Å². The van der Waals surface area contributed by atoms with E-state index in [1.54, 1.807) is 32.4 Å². The molecule has 0 bridgehead atoms. The summed E-state index contributed by atoms with van der Waals surface area (Å²) in [6.07, 6.45) is 0.777. The highest BCUT2D eigenvalue weighted by Gasteiger charge is 2.11. The second-order valence-corrected chi connectivity index (χ2v) is 5.10. The minimum Gasteiger partial charge on any atom is -0.493 e. The molecule has 2 rings (SSSR count). The molecule has 0 heterocycles. The van der Waals surface area contributed by atoms with Crippen LogP contribution in [0.3, 0.4) is 0 Å². The van der Waals surface area contributed by atoms with Crippen LogP contribution in [0.5, 0.6) is 17.2 Å². The van der Waals surface area contributed by atoms with Crippen LogP contribution in [0.15, 0.2) is 40.9 Å². The molecule has 0 saturated heterocycles. The predicted molar refractivity (Wildman–Crippen MR) is 83.4 cm³/mol. The third kappa shape index (κ3) is 3.55. The maximum Gasteiger partial charge on any atom is 0.161 e. The molecule has 4 nitrogen and oxygen atoms in total. The second kappa shape index (κ2) is 7.13. The summed E-state index contributed by atoms with van der Waals surface area (Å²) in [5.74, 6) is 1.82.